The van der Waals surface area contributed by atoms with Gasteiger partial charge in [-0.25, -0.2) is 8.78 Å². The lowest BCUT2D eigenvalue weighted by Gasteiger charge is -2.39. The molecule has 0 aromatic carbocycles. The first-order valence-electron chi connectivity index (χ1n) is 13.6. The number of likely N-dealkylation sites (tertiary alicyclic amines) is 2. The summed E-state index contributed by atoms with van der Waals surface area (Å²) < 4.78 is 27.5. The quantitative estimate of drug-likeness (QED) is 0.324. The summed E-state index contributed by atoms with van der Waals surface area (Å²) in [6.45, 7) is 4.99. The highest BCUT2D eigenvalue weighted by atomic mass is 19.2. The number of nitrogens with one attached hydrogen (secondary N) is 3. The Balaban J connectivity index is 1.11. The third-order valence-electron chi connectivity index (χ3n) is 9.31. The van der Waals surface area contributed by atoms with E-state index in [1.165, 1.54) is 4.90 Å². The van der Waals surface area contributed by atoms with Crippen LogP contribution >= 0.6 is 0 Å². The van der Waals surface area contributed by atoms with Crippen LogP contribution < -0.4 is 26.7 Å². The van der Waals surface area contributed by atoms with Crippen molar-refractivity contribution in [1.29, 1.82) is 0 Å². The van der Waals surface area contributed by atoms with Gasteiger partial charge in [-0.3, -0.25) is 19.8 Å². The van der Waals surface area contributed by atoms with Crippen molar-refractivity contribution in [2.75, 3.05) is 32.7 Å². The number of nitrogens with zero attached hydrogens (tertiary/aromatic N) is 1. The number of amides is 1. The van der Waals surface area contributed by atoms with Crippen LogP contribution in [0.25, 0.3) is 0 Å². The van der Waals surface area contributed by atoms with Gasteiger partial charge in [0.05, 0.1) is 25.8 Å². The molecule has 4 heterocycles. The largest absolute Gasteiger partial charge is 0.369 e. The molecule has 9 atom stereocenters. The molecule has 4 saturated heterocycles. The van der Waals surface area contributed by atoms with Gasteiger partial charge in [0.2, 0.25) is 5.91 Å². The van der Waals surface area contributed by atoms with E-state index in [2.05, 4.69) is 21.0 Å². The number of hydroxylamine groups is 1. The van der Waals surface area contributed by atoms with Crippen LogP contribution in [0.3, 0.4) is 0 Å². The highest BCUT2D eigenvalue weighted by Gasteiger charge is 2.45. The first kappa shape index (κ1) is 24.8. The topological polar surface area (TPSA) is 101 Å². The zero-order chi connectivity index (χ0) is 23.7. The van der Waals surface area contributed by atoms with E-state index >= 15 is 0 Å². The van der Waals surface area contributed by atoms with E-state index in [1.54, 1.807) is 0 Å². The summed E-state index contributed by atoms with van der Waals surface area (Å²) in [6.07, 6.45) is 5.77. The van der Waals surface area contributed by atoms with Crippen molar-refractivity contribution in [3.63, 3.8) is 0 Å². The summed E-state index contributed by atoms with van der Waals surface area (Å²) in [4.78, 5) is 21.6. The summed E-state index contributed by atoms with van der Waals surface area (Å²) in [6, 6.07) is 0.359. The van der Waals surface area contributed by atoms with E-state index < -0.39 is 12.3 Å². The van der Waals surface area contributed by atoms with Crippen LogP contribution in [-0.4, -0.2) is 80.5 Å². The molecule has 5 rings (SSSR count). The number of piperidine rings is 2. The van der Waals surface area contributed by atoms with Crippen LogP contribution in [0.5, 0.6) is 0 Å². The molecule has 0 bridgehead atoms. The lowest BCUT2D eigenvalue weighted by atomic mass is 9.86. The van der Waals surface area contributed by atoms with Gasteiger partial charge in [-0.05, 0) is 32.1 Å². The molecule has 1 saturated carbocycles. The van der Waals surface area contributed by atoms with Gasteiger partial charge in [0.25, 0.3) is 0 Å². The smallest absolute Gasteiger partial charge is 0.220 e. The number of hydrogen-bond donors (Lipinski definition) is 5. The summed E-state index contributed by atoms with van der Waals surface area (Å²) >= 11 is 0. The Hall–Kier alpha value is -0.910. The molecule has 5 fully saturated rings. The Morgan fingerprint density at radius 1 is 1.09 bits per heavy atom. The Morgan fingerprint density at radius 3 is 2.68 bits per heavy atom. The summed E-state index contributed by atoms with van der Waals surface area (Å²) in [5.74, 6) is 0.639. The van der Waals surface area contributed by atoms with Crippen molar-refractivity contribution >= 4 is 5.91 Å². The van der Waals surface area contributed by atoms with E-state index in [0.29, 0.717) is 31.0 Å². The summed E-state index contributed by atoms with van der Waals surface area (Å²) in [7, 11) is 0. The molecule has 5 aliphatic rings. The van der Waals surface area contributed by atoms with E-state index in [0.717, 1.165) is 77.7 Å². The predicted molar refractivity (Wildman–Crippen MR) is 123 cm³/mol. The number of hydrogen-bond acceptors (Lipinski definition) is 5. The van der Waals surface area contributed by atoms with Gasteiger partial charge < -0.3 is 16.0 Å². The summed E-state index contributed by atoms with van der Waals surface area (Å²) in [5, 5.41) is 6.20. The van der Waals surface area contributed by atoms with Gasteiger partial charge in [0, 0.05) is 56.5 Å². The van der Waals surface area contributed by atoms with Crippen LogP contribution in [0.2, 0.25) is 0 Å². The minimum atomic E-state index is -1.29. The SMILES string of the molecule is NC(=O)C1CCN(C2CC(C3NOC(C4CCC[NH+]4CC4CCC(F)C(F)C4)N3)CC[NH2+]2)CC1. The van der Waals surface area contributed by atoms with Gasteiger partial charge in [0.1, 0.15) is 24.6 Å². The molecule has 0 aromatic heterocycles. The number of primary amides is 1. The first-order valence-corrected chi connectivity index (χ1v) is 13.6. The van der Waals surface area contributed by atoms with E-state index in [1.807, 2.05) is 0 Å². The maximum Gasteiger partial charge on any atom is 0.220 e. The van der Waals surface area contributed by atoms with Gasteiger partial charge >= 0.3 is 0 Å². The Morgan fingerprint density at radius 2 is 1.91 bits per heavy atom. The molecule has 1 amide bonds. The molecule has 194 valence electrons. The molecular weight excluding hydrogens is 442 g/mol. The van der Waals surface area contributed by atoms with Crippen molar-refractivity contribution in [2.45, 2.75) is 94.7 Å². The fraction of sp³-hybridized carbons (Fsp3) is 0.958. The zero-order valence-corrected chi connectivity index (χ0v) is 20.3. The lowest BCUT2D eigenvalue weighted by Crippen LogP contribution is -3.16. The third-order valence-corrected chi connectivity index (χ3v) is 9.31. The second-order valence-corrected chi connectivity index (χ2v) is 11.5. The molecule has 9 unspecified atom stereocenters. The number of alkyl halides is 2. The van der Waals surface area contributed by atoms with Crippen LogP contribution in [0.15, 0.2) is 0 Å². The fourth-order valence-corrected chi connectivity index (χ4v) is 7.24. The molecule has 34 heavy (non-hydrogen) atoms. The average molecular weight is 487 g/mol. The predicted octanol–water partition coefficient (Wildman–Crippen LogP) is -1.22. The molecule has 10 heteroatoms. The maximum absolute atomic E-state index is 13.9. The van der Waals surface area contributed by atoms with Crippen LogP contribution in [-0.2, 0) is 9.63 Å². The zero-order valence-electron chi connectivity index (χ0n) is 20.3. The number of halogens is 2. The number of carbonyl (C=O) groups is 1. The minimum absolute atomic E-state index is 0.0302. The first-order chi connectivity index (χ1) is 16.5. The number of quaternary nitrogens is 2. The maximum atomic E-state index is 13.9. The standard InChI is InChI=1S/C24H42F2N6O2/c25-18-4-3-15(12-19(18)26)14-32-9-1-2-20(32)24-29-23(30-34-24)17-5-8-28-21(13-17)31-10-6-16(7-11-31)22(27)33/h15-21,23-24,28-30H,1-14H2,(H2,27,33)/p+2. The van der Waals surface area contributed by atoms with Gasteiger partial charge in [-0.15, -0.1) is 0 Å². The van der Waals surface area contributed by atoms with Gasteiger partial charge in [0.15, 0.2) is 6.23 Å². The molecule has 0 aromatic rings. The highest BCUT2D eigenvalue weighted by Crippen LogP contribution is 2.29. The molecule has 4 aliphatic heterocycles. The fourth-order valence-electron chi connectivity index (χ4n) is 7.24. The van der Waals surface area contributed by atoms with Crippen molar-refractivity contribution in [3.05, 3.63) is 0 Å². The van der Waals surface area contributed by atoms with Crippen molar-refractivity contribution in [3.8, 4) is 0 Å². The minimum Gasteiger partial charge on any atom is -0.369 e. The number of nitrogens with two attached hydrogens (primary N) is 2. The van der Waals surface area contributed by atoms with E-state index in [9.17, 15) is 13.6 Å². The Kier molecular flexibility index (Phi) is 8.02. The molecular formula is C24H44F2N6O2+2. The number of rotatable bonds is 6. The summed E-state index contributed by atoms with van der Waals surface area (Å²) in [5.41, 5.74) is 8.81. The van der Waals surface area contributed by atoms with Gasteiger partial charge in [-0.2, -0.15) is 5.48 Å². The molecule has 0 spiro atoms. The van der Waals surface area contributed by atoms with Gasteiger partial charge in [-0.1, -0.05) is 0 Å². The molecule has 8 nitrogen and oxygen atoms in total. The van der Waals surface area contributed by atoms with Crippen molar-refractivity contribution < 1.29 is 28.6 Å². The third kappa shape index (κ3) is 5.57. The second-order valence-electron chi connectivity index (χ2n) is 11.5. The van der Waals surface area contributed by atoms with E-state index in [-0.39, 0.29) is 30.1 Å². The molecule has 0 radical (unpaired) electrons. The number of carbonyl (C=O) groups excluding carboxylic acids is 1. The Bertz CT molecular complexity index is 696. The van der Waals surface area contributed by atoms with Crippen LogP contribution in [0.4, 0.5) is 8.78 Å². The van der Waals surface area contributed by atoms with Crippen LogP contribution in [0, 0.1) is 17.8 Å². The monoisotopic (exact) mass is 486 g/mol. The van der Waals surface area contributed by atoms with Crippen molar-refractivity contribution in [1.82, 2.24) is 15.7 Å². The molecule has 1 aliphatic carbocycles. The normalized spacial score (nSPS) is 44.9. The highest BCUT2D eigenvalue weighted by molar-refractivity contribution is 5.76. The molecule has 7 N–H and O–H groups in total. The van der Waals surface area contributed by atoms with E-state index in [4.69, 9.17) is 10.6 Å². The lowest BCUT2D eigenvalue weighted by molar-refractivity contribution is -0.919. The average Bonchev–Trinajstić information content (AvgIpc) is 3.51. The van der Waals surface area contributed by atoms with Crippen LogP contribution in [0.1, 0.15) is 57.8 Å². The Labute approximate surface area is 201 Å². The second kappa shape index (κ2) is 11.0. The van der Waals surface area contributed by atoms with Crippen molar-refractivity contribution in [2.24, 2.45) is 23.5 Å².